The normalized spacial score (nSPS) is 7.57. The number of hydrogen-bond acceptors (Lipinski definition) is 3. The van der Waals surface area contributed by atoms with E-state index >= 15 is 0 Å². The molecule has 0 heterocycles. The van der Waals surface area contributed by atoms with Gasteiger partial charge in [0.15, 0.2) is 6.29 Å². The van der Waals surface area contributed by atoms with Crippen LogP contribution in [-0.4, -0.2) is 16.5 Å². The van der Waals surface area contributed by atoms with Crippen molar-refractivity contribution in [1.82, 2.24) is 0 Å². The molecule has 0 saturated carbocycles. The SMILES string of the molecule is CC(C=O)=C(O)O. The Kier molecular flexibility index (Phi) is 1.91. The average Bonchev–Trinajstić information content (AvgIpc) is 1.65. The largest absolute Gasteiger partial charge is 0.481 e. The summed E-state index contributed by atoms with van der Waals surface area (Å²) in [5, 5.41) is 16.0. The molecular weight excluding hydrogens is 96.0 g/mol. The molecule has 0 spiro atoms. The summed E-state index contributed by atoms with van der Waals surface area (Å²) in [7, 11) is 0. The molecule has 0 aliphatic rings. The van der Waals surface area contributed by atoms with E-state index in [1.54, 1.807) is 0 Å². The van der Waals surface area contributed by atoms with E-state index in [-0.39, 0.29) is 5.57 Å². The molecule has 3 heteroatoms. The molecule has 7 heavy (non-hydrogen) atoms. The van der Waals surface area contributed by atoms with Crippen LogP contribution in [0.2, 0.25) is 0 Å². The van der Waals surface area contributed by atoms with Gasteiger partial charge in [0.2, 0.25) is 0 Å². The van der Waals surface area contributed by atoms with Gasteiger partial charge in [-0.1, -0.05) is 0 Å². The Morgan fingerprint density at radius 2 is 2.00 bits per heavy atom. The molecule has 0 radical (unpaired) electrons. The Morgan fingerprint density at radius 1 is 1.57 bits per heavy atom. The zero-order valence-electron chi connectivity index (χ0n) is 3.88. The molecule has 0 aromatic heterocycles. The van der Waals surface area contributed by atoms with Crippen molar-refractivity contribution < 1.29 is 15.0 Å². The van der Waals surface area contributed by atoms with Crippen LogP contribution in [0.5, 0.6) is 0 Å². The molecular formula is C4H6O3. The Morgan fingerprint density at radius 3 is 2.00 bits per heavy atom. The van der Waals surface area contributed by atoms with Gasteiger partial charge in [0.1, 0.15) is 0 Å². The van der Waals surface area contributed by atoms with Crippen LogP contribution in [-0.2, 0) is 4.79 Å². The van der Waals surface area contributed by atoms with Crippen LogP contribution in [0.4, 0.5) is 0 Å². The van der Waals surface area contributed by atoms with E-state index in [9.17, 15) is 4.79 Å². The van der Waals surface area contributed by atoms with Gasteiger partial charge in [0.05, 0.1) is 5.57 Å². The Bertz CT molecular complexity index is 99.5. The predicted molar refractivity (Wildman–Crippen MR) is 24.0 cm³/mol. The lowest BCUT2D eigenvalue weighted by atomic mass is 10.4. The van der Waals surface area contributed by atoms with Gasteiger partial charge >= 0.3 is 0 Å². The molecule has 40 valence electrons. The summed E-state index contributed by atoms with van der Waals surface area (Å²) in [6.07, 6.45) is 0.370. The van der Waals surface area contributed by atoms with E-state index in [0.29, 0.717) is 6.29 Å². The van der Waals surface area contributed by atoms with E-state index in [1.165, 1.54) is 6.92 Å². The maximum atomic E-state index is 9.57. The second-order valence-electron chi connectivity index (χ2n) is 1.12. The fraction of sp³-hybridized carbons (Fsp3) is 0.250. The lowest BCUT2D eigenvalue weighted by Gasteiger charge is -1.84. The minimum absolute atomic E-state index is 0.0556. The lowest BCUT2D eigenvalue weighted by Crippen LogP contribution is -1.84. The molecule has 0 aromatic carbocycles. The number of carbonyl (C=O) groups excluding carboxylic acids is 1. The van der Waals surface area contributed by atoms with Crippen LogP contribution in [0, 0.1) is 0 Å². The Balaban J connectivity index is 3.98. The summed E-state index contributed by atoms with van der Waals surface area (Å²) in [5.41, 5.74) is -0.0556. The van der Waals surface area contributed by atoms with E-state index < -0.39 is 5.95 Å². The van der Waals surface area contributed by atoms with E-state index in [1.807, 2.05) is 0 Å². The fourth-order valence-electron chi connectivity index (χ4n) is 0.0527. The highest BCUT2D eigenvalue weighted by atomic mass is 16.5. The monoisotopic (exact) mass is 102 g/mol. The van der Waals surface area contributed by atoms with E-state index in [4.69, 9.17) is 10.2 Å². The molecule has 0 aliphatic carbocycles. The second-order valence-corrected chi connectivity index (χ2v) is 1.12. The number of aldehydes is 1. The molecule has 0 rings (SSSR count). The van der Waals surface area contributed by atoms with Gasteiger partial charge in [-0.2, -0.15) is 0 Å². The molecule has 0 saturated heterocycles. The van der Waals surface area contributed by atoms with E-state index in [0.717, 1.165) is 0 Å². The molecule has 0 unspecified atom stereocenters. The zero-order valence-corrected chi connectivity index (χ0v) is 3.88. The second kappa shape index (κ2) is 2.23. The highest BCUT2D eigenvalue weighted by Crippen LogP contribution is 1.88. The molecule has 0 atom stereocenters. The van der Waals surface area contributed by atoms with Crippen LogP contribution in [0.25, 0.3) is 0 Å². The first-order valence-corrected chi connectivity index (χ1v) is 1.72. The fourth-order valence-corrected chi connectivity index (χ4v) is 0.0527. The van der Waals surface area contributed by atoms with Crippen molar-refractivity contribution in [3.63, 3.8) is 0 Å². The summed E-state index contributed by atoms with van der Waals surface area (Å²) >= 11 is 0. The lowest BCUT2D eigenvalue weighted by molar-refractivity contribution is -0.105. The van der Waals surface area contributed by atoms with Gasteiger partial charge in [-0.15, -0.1) is 0 Å². The van der Waals surface area contributed by atoms with Gasteiger partial charge in [0.25, 0.3) is 5.95 Å². The van der Waals surface area contributed by atoms with Crippen molar-refractivity contribution in [3.8, 4) is 0 Å². The third-order valence-corrected chi connectivity index (χ3v) is 0.529. The zero-order chi connectivity index (χ0) is 5.86. The van der Waals surface area contributed by atoms with Crippen molar-refractivity contribution in [2.24, 2.45) is 0 Å². The summed E-state index contributed by atoms with van der Waals surface area (Å²) in [6, 6.07) is 0. The predicted octanol–water partition coefficient (Wildman–Crippen LogP) is 0.533. The van der Waals surface area contributed by atoms with Gasteiger partial charge in [-0.25, -0.2) is 0 Å². The van der Waals surface area contributed by atoms with Crippen LogP contribution in [0.3, 0.4) is 0 Å². The first-order valence-electron chi connectivity index (χ1n) is 1.72. The maximum absolute atomic E-state index is 9.57. The van der Waals surface area contributed by atoms with Crippen molar-refractivity contribution in [3.05, 3.63) is 11.5 Å². The number of aliphatic hydroxyl groups excluding tert-OH is 1. The van der Waals surface area contributed by atoms with Gasteiger partial charge < -0.3 is 10.2 Å². The van der Waals surface area contributed by atoms with Gasteiger partial charge in [-0.3, -0.25) is 4.79 Å². The summed E-state index contributed by atoms with van der Waals surface area (Å²) in [5.74, 6) is -0.907. The van der Waals surface area contributed by atoms with Crippen LogP contribution < -0.4 is 0 Å². The third-order valence-electron chi connectivity index (χ3n) is 0.529. The number of rotatable bonds is 1. The average molecular weight is 102 g/mol. The minimum atomic E-state index is -0.907. The first-order chi connectivity index (χ1) is 3.18. The first kappa shape index (κ1) is 6.01. The van der Waals surface area contributed by atoms with E-state index in [2.05, 4.69) is 0 Å². The maximum Gasteiger partial charge on any atom is 0.280 e. The van der Waals surface area contributed by atoms with Crippen molar-refractivity contribution in [2.75, 3.05) is 0 Å². The summed E-state index contributed by atoms with van der Waals surface area (Å²) < 4.78 is 0. The number of allylic oxidation sites excluding steroid dienone is 1. The van der Waals surface area contributed by atoms with Crippen LogP contribution in [0.15, 0.2) is 11.5 Å². The summed E-state index contributed by atoms with van der Waals surface area (Å²) in [4.78, 5) is 9.57. The molecule has 3 nitrogen and oxygen atoms in total. The highest BCUT2D eigenvalue weighted by Gasteiger charge is 1.90. The molecule has 0 fully saturated rings. The smallest absolute Gasteiger partial charge is 0.280 e. The molecule has 0 bridgehead atoms. The topological polar surface area (TPSA) is 57.5 Å². The number of carbonyl (C=O) groups is 1. The van der Waals surface area contributed by atoms with Crippen LogP contribution in [0.1, 0.15) is 6.92 Å². The third kappa shape index (κ3) is 1.81. The minimum Gasteiger partial charge on any atom is -0.481 e. The Labute approximate surface area is 40.9 Å². The molecule has 0 aliphatic heterocycles. The quantitative estimate of drug-likeness (QED) is 0.288. The molecule has 2 N–H and O–H groups in total. The summed E-state index contributed by atoms with van der Waals surface area (Å²) in [6.45, 7) is 1.31. The molecule has 0 amide bonds. The van der Waals surface area contributed by atoms with Crippen LogP contribution >= 0.6 is 0 Å². The van der Waals surface area contributed by atoms with Crippen molar-refractivity contribution >= 4 is 6.29 Å². The number of hydrogen-bond donors (Lipinski definition) is 2. The number of aliphatic hydroxyl groups is 2. The van der Waals surface area contributed by atoms with Crippen molar-refractivity contribution in [1.29, 1.82) is 0 Å². The van der Waals surface area contributed by atoms with Gasteiger partial charge in [-0.05, 0) is 6.92 Å². The Hall–Kier alpha value is -0.990. The highest BCUT2D eigenvalue weighted by molar-refractivity contribution is 5.72. The standard InChI is InChI=1S/C4H6O3/c1-3(2-5)4(6)7/h2,6-7H,1H3. The van der Waals surface area contributed by atoms with Crippen molar-refractivity contribution in [2.45, 2.75) is 6.92 Å². The van der Waals surface area contributed by atoms with Gasteiger partial charge in [0, 0.05) is 0 Å². The molecule has 0 aromatic rings.